The zero-order chi connectivity index (χ0) is 16.8. The molecule has 0 amide bonds. The zero-order valence-electron chi connectivity index (χ0n) is 13.3. The summed E-state index contributed by atoms with van der Waals surface area (Å²) >= 11 is 1.75. The van der Waals surface area contributed by atoms with Crippen LogP contribution in [0.5, 0.6) is 0 Å². The first-order chi connectivity index (χ1) is 11.8. The first kappa shape index (κ1) is 16.3. The van der Waals surface area contributed by atoms with Gasteiger partial charge in [0.15, 0.2) is 0 Å². The number of nitrogens with one attached hydrogen (secondary N) is 1. The van der Waals surface area contributed by atoms with Gasteiger partial charge in [0, 0.05) is 34.4 Å². The molecule has 0 spiro atoms. The molecule has 0 unspecified atom stereocenters. The second kappa shape index (κ2) is 7.82. The van der Waals surface area contributed by atoms with Crippen LogP contribution in [0.1, 0.15) is 5.56 Å². The van der Waals surface area contributed by atoms with Crippen LogP contribution in [0.15, 0.2) is 53.7 Å². The van der Waals surface area contributed by atoms with E-state index in [0.29, 0.717) is 0 Å². The molecule has 2 aromatic carbocycles. The molecule has 3 rings (SSSR count). The second-order valence-electron chi connectivity index (χ2n) is 5.09. The van der Waals surface area contributed by atoms with Crippen LogP contribution in [-0.4, -0.2) is 29.4 Å². The number of nitrogens with zero attached hydrogens (tertiary/aromatic N) is 2. The van der Waals surface area contributed by atoms with Crippen molar-refractivity contribution in [3.8, 4) is 12.3 Å². The maximum absolute atomic E-state index is 5.45. The van der Waals surface area contributed by atoms with E-state index >= 15 is 0 Å². The molecule has 0 aliphatic rings. The number of hydrogen-bond acceptors (Lipinski definition) is 5. The average Bonchev–Trinajstić information content (AvgIpc) is 2.62. The van der Waals surface area contributed by atoms with Gasteiger partial charge >= 0.3 is 0 Å². The minimum absolute atomic E-state index is 0.727. The molecule has 3 aromatic rings. The number of hydrogen-bond donors (Lipinski definition) is 1. The number of thioether (sulfide) groups is 1. The van der Waals surface area contributed by atoms with Crippen molar-refractivity contribution in [3.05, 3.63) is 54.4 Å². The molecule has 4 nitrogen and oxygen atoms in total. The molecule has 1 heterocycles. The van der Waals surface area contributed by atoms with Crippen molar-refractivity contribution >= 4 is 34.2 Å². The Morgan fingerprint density at radius 3 is 2.96 bits per heavy atom. The third-order valence-electron chi connectivity index (χ3n) is 3.46. The number of aromatic nitrogens is 2. The van der Waals surface area contributed by atoms with E-state index in [1.807, 2.05) is 30.3 Å². The van der Waals surface area contributed by atoms with Crippen molar-refractivity contribution in [2.24, 2.45) is 0 Å². The highest BCUT2D eigenvalue weighted by atomic mass is 32.2. The number of methoxy groups -OCH3 is 1. The topological polar surface area (TPSA) is 47.0 Å². The smallest absolute Gasteiger partial charge is 0.141 e. The normalized spacial score (nSPS) is 10.5. The molecule has 0 aliphatic carbocycles. The van der Waals surface area contributed by atoms with Gasteiger partial charge in [0.25, 0.3) is 0 Å². The van der Waals surface area contributed by atoms with Gasteiger partial charge in [0.05, 0.1) is 12.1 Å². The fraction of sp³-hybridized carbons (Fsp3) is 0.158. The van der Waals surface area contributed by atoms with Gasteiger partial charge in [-0.3, -0.25) is 0 Å². The molecule has 1 N–H and O–H groups in total. The highest BCUT2D eigenvalue weighted by Crippen LogP contribution is 2.27. The van der Waals surface area contributed by atoms with E-state index in [1.54, 1.807) is 25.2 Å². The molecule has 0 fully saturated rings. The molecule has 120 valence electrons. The Labute approximate surface area is 145 Å². The minimum Gasteiger partial charge on any atom is -0.384 e. The van der Waals surface area contributed by atoms with Crippen LogP contribution < -0.4 is 5.32 Å². The maximum atomic E-state index is 5.45. The average molecular weight is 335 g/mol. The van der Waals surface area contributed by atoms with Crippen molar-refractivity contribution in [2.75, 3.05) is 24.8 Å². The molecule has 5 heteroatoms. The molecule has 0 atom stereocenters. The fourth-order valence-corrected chi connectivity index (χ4v) is 3.14. The van der Waals surface area contributed by atoms with Gasteiger partial charge in [-0.1, -0.05) is 12.0 Å². The van der Waals surface area contributed by atoms with Crippen LogP contribution in [0.4, 0.5) is 11.5 Å². The largest absolute Gasteiger partial charge is 0.384 e. The lowest BCUT2D eigenvalue weighted by molar-refractivity contribution is 0.218. The summed E-state index contributed by atoms with van der Waals surface area (Å²) in [5, 5.41) is 4.29. The lowest BCUT2D eigenvalue weighted by Crippen LogP contribution is -1.96. The maximum Gasteiger partial charge on any atom is 0.141 e. The molecule has 24 heavy (non-hydrogen) atoms. The predicted molar refractivity (Wildman–Crippen MR) is 99.8 cm³/mol. The van der Waals surface area contributed by atoms with Crippen LogP contribution in [0, 0.1) is 12.3 Å². The quantitative estimate of drug-likeness (QED) is 0.418. The Balaban J connectivity index is 1.87. The SMILES string of the molecule is C#Cc1cccc(Nc2ncnc3cc(SCCOC)ccc23)c1. The monoisotopic (exact) mass is 335 g/mol. The number of terminal acetylenes is 1. The van der Waals surface area contributed by atoms with Gasteiger partial charge < -0.3 is 10.1 Å². The summed E-state index contributed by atoms with van der Waals surface area (Å²) in [5.41, 5.74) is 2.64. The summed E-state index contributed by atoms with van der Waals surface area (Å²) in [4.78, 5) is 9.91. The van der Waals surface area contributed by atoms with Gasteiger partial charge in [0.2, 0.25) is 0 Å². The Morgan fingerprint density at radius 1 is 1.21 bits per heavy atom. The van der Waals surface area contributed by atoms with Crippen LogP contribution in [-0.2, 0) is 4.74 Å². The number of benzene rings is 2. The van der Waals surface area contributed by atoms with Gasteiger partial charge in [-0.15, -0.1) is 18.2 Å². The van der Waals surface area contributed by atoms with Crippen molar-refractivity contribution in [2.45, 2.75) is 4.90 Å². The molecular weight excluding hydrogens is 318 g/mol. The molecular formula is C19H17N3OS. The van der Waals surface area contributed by atoms with Crippen LogP contribution in [0.3, 0.4) is 0 Å². The predicted octanol–water partition coefficient (Wildman–Crippen LogP) is 4.09. The van der Waals surface area contributed by atoms with E-state index in [4.69, 9.17) is 11.2 Å². The number of fused-ring (bicyclic) bond motifs is 1. The third-order valence-corrected chi connectivity index (χ3v) is 4.41. The fourth-order valence-electron chi connectivity index (χ4n) is 2.29. The minimum atomic E-state index is 0.727. The van der Waals surface area contributed by atoms with E-state index < -0.39 is 0 Å². The summed E-state index contributed by atoms with van der Waals surface area (Å²) in [5.74, 6) is 4.32. The van der Waals surface area contributed by atoms with E-state index in [-0.39, 0.29) is 0 Å². The molecule has 0 aliphatic heterocycles. The molecule has 0 radical (unpaired) electrons. The summed E-state index contributed by atoms with van der Waals surface area (Å²) in [6.07, 6.45) is 7.02. The van der Waals surface area contributed by atoms with Crippen LogP contribution in [0.2, 0.25) is 0 Å². The van der Waals surface area contributed by atoms with Crippen molar-refractivity contribution in [3.63, 3.8) is 0 Å². The summed E-state index contributed by atoms with van der Waals surface area (Å²) in [7, 11) is 1.71. The second-order valence-corrected chi connectivity index (χ2v) is 6.26. The summed E-state index contributed by atoms with van der Waals surface area (Å²) < 4.78 is 5.08. The first-order valence-corrected chi connectivity index (χ1v) is 8.49. The summed E-state index contributed by atoms with van der Waals surface area (Å²) in [6.45, 7) is 0.727. The zero-order valence-corrected chi connectivity index (χ0v) is 14.1. The molecule has 1 aromatic heterocycles. The van der Waals surface area contributed by atoms with Crippen LogP contribution in [0.25, 0.3) is 10.9 Å². The molecule has 0 saturated heterocycles. The van der Waals surface area contributed by atoms with Crippen LogP contribution >= 0.6 is 11.8 Å². The van der Waals surface area contributed by atoms with Gasteiger partial charge in [-0.05, 0) is 36.4 Å². The Hall–Kier alpha value is -2.55. The number of ether oxygens (including phenoxy) is 1. The lowest BCUT2D eigenvalue weighted by atomic mass is 10.2. The molecule has 0 saturated carbocycles. The first-order valence-electron chi connectivity index (χ1n) is 7.50. The van der Waals surface area contributed by atoms with Crippen molar-refractivity contribution in [1.29, 1.82) is 0 Å². The number of anilines is 2. The van der Waals surface area contributed by atoms with Crippen molar-refractivity contribution in [1.82, 2.24) is 9.97 Å². The van der Waals surface area contributed by atoms with Crippen molar-refractivity contribution < 1.29 is 4.74 Å². The van der Waals surface area contributed by atoms with Gasteiger partial charge in [-0.25, -0.2) is 9.97 Å². The van der Waals surface area contributed by atoms with E-state index in [0.717, 1.165) is 40.3 Å². The standard InChI is InChI=1S/C19H17N3OS/c1-3-14-5-4-6-15(11-14)22-19-17-8-7-16(24-10-9-23-2)12-18(17)20-13-21-19/h1,4-8,11-13H,9-10H2,2H3,(H,20,21,22). The van der Waals surface area contributed by atoms with Gasteiger partial charge in [0.1, 0.15) is 12.1 Å². The van der Waals surface area contributed by atoms with E-state index in [1.165, 1.54) is 4.90 Å². The highest BCUT2D eigenvalue weighted by Gasteiger charge is 2.06. The van der Waals surface area contributed by atoms with Gasteiger partial charge in [-0.2, -0.15) is 0 Å². The Bertz CT molecular complexity index is 889. The van der Waals surface area contributed by atoms with E-state index in [2.05, 4.69) is 33.3 Å². The third kappa shape index (κ3) is 3.85. The highest BCUT2D eigenvalue weighted by molar-refractivity contribution is 7.99. The van der Waals surface area contributed by atoms with E-state index in [9.17, 15) is 0 Å². The summed E-state index contributed by atoms with van der Waals surface area (Å²) in [6, 6.07) is 13.9. The lowest BCUT2D eigenvalue weighted by Gasteiger charge is -2.09. The Morgan fingerprint density at radius 2 is 2.12 bits per heavy atom. The number of rotatable bonds is 6. The molecule has 0 bridgehead atoms. The Kier molecular flexibility index (Phi) is 5.32.